The van der Waals surface area contributed by atoms with Gasteiger partial charge in [0, 0.05) is 17.3 Å². The van der Waals surface area contributed by atoms with Crippen molar-refractivity contribution in [3.8, 4) is 22.8 Å². The van der Waals surface area contributed by atoms with Crippen molar-refractivity contribution in [3.63, 3.8) is 0 Å². The Labute approximate surface area is 134 Å². The van der Waals surface area contributed by atoms with Gasteiger partial charge in [-0.3, -0.25) is 0 Å². The van der Waals surface area contributed by atoms with Gasteiger partial charge in [-0.1, -0.05) is 18.2 Å². The maximum Gasteiger partial charge on any atom is 0.573 e. The number of benzene rings is 1. The summed E-state index contributed by atoms with van der Waals surface area (Å²) >= 11 is 0. The van der Waals surface area contributed by atoms with E-state index in [4.69, 9.17) is 0 Å². The quantitative estimate of drug-likeness (QED) is 0.685. The first-order chi connectivity index (χ1) is 11.5. The lowest BCUT2D eigenvalue weighted by molar-refractivity contribution is -0.274. The van der Waals surface area contributed by atoms with Crippen molar-refractivity contribution in [2.75, 3.05) is 0 Å². The third kappa shape index (κ3) is 4.94. The molecule has 1 aromatic carbocycles. The largest absolute Gasteiger partial charge is 0.573 e. The van der Waals surface area contributed by atoms with E-state index < -0.39 is 47.5 Å². The Morgan fingerprint density at radius 3 is 2.12 bits per heavy atom. The summed E-state index contributed by atoms with van der Waals surface area (Å²) in [5.74, 6) is -1.86. The van der Waals surface area contributed by atoms with Crippen LogP contribution in [0, 0.1) is 0 Å². The summed E-state index contributed by atoms with van der Waals surface area (Å²) in [6, 6.07) is 4.43. The van der Waals surface area contributed by atoms with Gasteiger partial charge in [-0.25, -0.2) is 4.98 Å². The standard InChI is InChI=1S/C14H7F8NO2/c15-12(16)24-11-9(5-7(6-23-11)13(17,18)19)8-3-1-2-4-10(8)25-14(20,21)22/h1-6,12H. The molecule has 0 saturated carbocycles. The number of aromatic nitrogens is 1. The minimum Gasteiger partial charge on any atom is -0.416 e. The zero-order valence-corrected chi connectivity index (χ0v) is 11.8. The monoisotopic (exact) mass is 373 g/mol. The zero-order valence-electron chi connectivity index (χ0n) is 11.8. The second-order valence-electron chi connectivity index (χ2n) is 4.50. The lowest BCUT2D eigenvalue weighted by atomic mass is 10.0. The summed E-state index contributed by atoms with van der Waals surface area (Å²) in [5.41, 5.74) is -2.63. The van der Waals surface area contributed by atoms with E-state index in [0.717, 1.165) is 18.2 Å². The van der Waals surface area contributed by atoms with Crippen molar-refractivity contribution < 1.29 is 44.6 Å². The van der Waals surface area contributed by atoms with Gasteiger partial charge in [-0.2, -0.15) is 22.0 Å². The first kappa shape index (κ1) is 18.7. The second kappa shape index (κ2) is 6.73. The van der Waals surface area contributed by atoms with Gasteiger partial charge in [0.1, 0.15) is 5.75 Å². The fourth-order valence-electron chi connectivity index (χ4n) is 1.88. The highest BCUT2D eigenvalue weighted by molar-refractivity contribution is 5.75. The lowest BCUT2D eigenvalue weighted by Gasteiger charge is -2.16. The maximum atomic E-state index is 12.8. The van der Waals surface area contributed by atoms with Gasteiger partial charge in [0.25, 0.3) is 0 Å². The number of alkyl halides is 8. The van der Waals surface area contributed by atoms with Crippen LogP contribution < -0.4 is 9.47 Å². The Bertz CT molecular complexity index is 742. The first-order valence-corrected chi connectivity index (χ1v) is 6.34. The number of para-hydroxylation sites is 1. The van der Waals surface area contributed by atoms with Crippen molar-refractivity contribution in [1.29, 1.82) is 0 Å². The molecule has 2 rings (SSSR count). The number of rotatable bonds is 4. The normalized spacial score (nSPS) is 12.4. The highest BCUT2D eigenvalue weighted by Crippen LogP contribution is 2.41. The Balaban J connectivity index is 2.63. The Morgan fingerprint density at radius 1 is 0.920 bits per heavy atom. The molecule has 0 bridgehead atoms. The van der Waals surface area contributed by atoms with Gasteiger partial charge in [0.2, 0.25) is 5.88 Å². The molecule has 3 nitrogen and oxygen atoms in total. The Hall–Kier alpha value is -2.59. The number of pyridine rings is 1. The minimum absolute atomic E-state index is 0.231. The van der Waals surface area contributed by atoms with Crippen LogP contribution in [0.25, 0.3) is 11.1 Å². The van der Waals surface area contributed by atoms with E-state index in [0.29, 0.717) is 6.07 Å². The Morgan fingerprint density at radius 2 is 1.56 bits per heavy atom. The molecule has 0 amide bonds. The van der Waals surface area contributed by atoms with E-state index in [9.17, 15) is 35.1 Å². The van der Waals surface area contributed by atoms with Crippen LogP contribution in [-0.2, 0) is 6.18 Å². The first-order valence-electron chi connectivity index (χ1n) is 6.34. The van der Waals surface area contributed by atoms with Crippen LogP contribution >= 0.6 is 0 Å². The molecule has 0 radical (unpaired) electrons. The topological polar surface area (TPSA) is 31.4 Å². The summed E-state index contributed by atoms with van der Waals surface area (Å²) in [7, 11) is 0. The van der Waals surface area contributed by atoms with E-state index in [1.54, 1.807) is 0 Å². The summed E-state index contributed by atoms with van der Waals surface area (Å²) in [4.78, 5) is 3.14. The molecular weight excluding hydrogens is 366 g/mol. The molecule has 1 aromatic heterocycles. The van der Waals surface area contributed by atoms with E-state index in [2.05, 4.69) is 14.5 Å². The average Bonchev–Trinajstić information content (AvgIpc) is 2.45. The highest BCUT2D eigenvalue weighted by Gasteiger charge is 2.35. The van der Waals surface area contributed by atoms with Crippen molar-refractivity contribution in [2.45, 2.75) is 19.2 Å². The van der Waals surface area contributed by atoms with Crippen LogP contribution in [0.5, 0.6) is 11.6 Å². The van der Waals surface area contributed by atoms with Crippen LogP contribution in [0.3, 0.4) is 0 Å². The maximum absolute atomic E-state index is 12.8. The zero-order chi connectivity index (χ0) is 18.8. The Kier molecular flexibility index (Phi) is 5.04. The average molecular weight is 373 g/mol. The van der Waals surface area contributed by atoms with Crippen molar-refractivity contribution in [3.05, 3.63) is 42.1 Å². The van der Waals surface area contributed by atoms with E-state index >= 15 is 0 Å². The predicted octanol–water partition coefficient (Wildman–Crippen LogP) is 5.27. The molecule has 1 heterocycles. The molecule has 136 valence electrons. The molecule has 25 heavy (non-hydrogen) atoms. The number of nitrogens with zero attached hydrogens (tertiary/aromatic N) is 1. The molecule has 0 N–H and O–H groups in total. The van der Waals surface area contributed by atoms with E-state index in [1.165, 1.54) is 6.07 Å². The predicted molar refractivity (Wildman–Crippen MR) is 68.0 cm³/mol. The number of hydrogen-bond acceptors (Lipinski definition) is 3. The molecule has 0 spiro atoms. The SMILES string of the molecule is FC(F)Oc1ncc(C(F)(F)F)cc1-c1ccccc1OC(F)(F)F. The van der Waals surface area contributed by atoms with Crippen molar-refractivity contribution >= 4 is 0 Å². The molecule has 0 saturated heterocycles. The summed E-state index contributed by atoms with van der Waals surface area (Å²) in [6.45, 7) is -3.45. The van der Waals surface area contributed by atoms with Gasteiger partial charge in [0.15, 0.2) is 0 Å². The van der Waals surface area contributed by atoms with E-state index in [-0.39, 0.29) is 6.20 Å². The third-order valence-electron chi connectivity index (χ3n) is 2.78. The van der Waals surface area contributed by atoms with Crippen LogP contribution in [0.2, 0.25) is 0 Å². The highest BCUT2D eigenvalue weighted by atomic mass is 19.4. The van der Waals surface area contributed by atoms with Crippen LogP contribution in [0.15, 0.2) is 36.5 Å². The van der Waals surface area contributed by atoms with Crippen molar-refractivity contribution in [1.82, 2.24) is 4.98 Å². The third-order valence-corrected chi connectivity index (χ3v) is 2.78. The van der Waals surface area contributed by atoms with Gasteiger partial charge >= 0.3 is 19.2 Å². The second-order valence-corrected chi connectivity index (χ2v) is 4.50. The molecule has 11 heteroatoms. The molecule has 0 aliphatic heterocycles. The molecule has 2 aromatic rings. The van der Waals surface area contributed by atoms with E-state index in [1.807, 2.05) is 0 Å². The molecule has 0 aliphatic carbocycles. The van der Waals surface area contributed by atoms with Crippen LogP contribution in [0.4, 0.5) is 35.1 Å². The smallest absolute Gasteiger partial charge is 0.416 e. The van der Waals surface area contributed by atoms with Gasteiger partial charge < -0.3 is 9.47 Å². The van der Waals surface area contributed by atoms with Gasteiger partial charge in [-0.05, 0) is 12.1 Å². The van der Waals surface area contributed by atoms with Crippen LogP contribution in [-0.4, -0.2) is 18.0 Å². The summed E-state index contributed by atoms with van der Waals surface area (Å²) < 4.78 is 108. The van der Waals surface area contributed by atoms with Crippen LogP contribution in [0.1, 0.15) is 5.56 Å². The van der Waals surface area contributed by atoms with Gasteiger partial charge in [0.05, 0.1) is 5.56 Å². The molecule has 0 unspecified atom stereocenters. The molecule has 0 fully saturated rings. The molecular formula is C14H7F8NO2. The summed E-state index contributed by atoms with van der Waals surface area (Å²) in [6.07, 6.45) is -9.81. The molecule has 0 aliphatic rings. The lowest BCUT2D eigenvalue weighted by Crippen LogP contribution is -2.18. The number of hydrogen-bond donors (Lipinski definition) is 0. The van der Waals surface area contributed by atoms with Crippen molar-refractivity contribution in [2.24, 2.45) is 0 Å². The number of ether oxygens (including phenoxy) is 2. The minimum atomic E-state index is -5.14. The fourth-order valence-corrected chi connectivity index (χ4v) is 1.88. The van der Waals surface area contributed by atoms with Gasteiger partial charge in [-0.15, -0.1) is 13.2 Å². The molecule has 0 atom stereocenters. The fraction of sp³-hybridized carbons (Fsp3) is 0.214. The summed E-state index contributed by atoms with van der Waals surface area (Å²) in [5, 5.41) is 0. The number of halogens is 8.